The fourth-order valence-electron chi connectivity index (χ4n) is 2.00. The summed E-state index contributed by atoms with van der Waals surface area (Å²) in [6, 6.07) is 0. The van der Waals surface area contributed by atoms with Crippen LogP contribution in [0.25, 0.3) is 0 Å². The normalized spacial score (nSPS) is 10.9. The van der Waals surface area contributed by atoms with Crippen molar-refractivity contribution < 1.29 is 9.53 Å². The predicted molar refractivity (Wildman–Crippen MR) is 85.6 cm³/mol. The Bertz CT molecular complexity index is 239. The van der Waals surface area contributed by atoms with Gasteiger partial charge in [-0.05, 0) is 38.7 Å². The SMILES string of the molecule is CCCCCOC=CCCCCCCCC(=O)NCC. The predicted octanol–water partition coefficient (Wildman–Crippen LogP) is 4.57. The highest BCUT2D eigenvalue weighted by molar-refractivity contribution is 5.75. The zero-order valence-electron chi connectivity index (χ0n) is 13.5. The van der Waals surface area contributed by atoms with Crippen molar-refractivity contribution in [3.8, 4) is 0 Å². The highest BCUT2D eigenvalue weighted by Crippen LogP contribution is 2.07. The summed E-state index contributed by atoms with van der Waals surface area (Å²) in [5.74, 6) is 0.190. The Morgan fingerprint density at radius 3 is 2.50 bits per heavy atom. The van der Waals surface area contributed by atoms with Crippen molar-refractivity contribution in [3.05, 3.63) is 12.3 Å². The third-order valence-corrected chi connectivity index (χ3v) is 3.21. The quantitative estimate of drug-likeness (QED) is 0.374. The van der Waals surface area contributed by atoms with Crippen LogP contribution in [0.1, 0.15) is 78.1 Å². The molecule has 3 heteroatoms. The molecule has 0 aromatic carbocycles. The van der Waals surface area contributed by atoms with E-state index in [2.05, 4.69) is 18.3 Å². The number of allylic oxidation sites excluding steroid dienone is 1. The van der Waals surface area contributed by atoms with E-state index >= 15 is 0 Å². The second-order valence-corrected chi connectivity index (χ2v) is 5.21. The van der Waals surface area contributed by atoms with Gasteiger partial charge in [-0.3, -0.25) is 4.79 Å². The van der Waals surface area contributed by atoms with E-state index < -0.39 is 0 Å². The second-order valence-electron chi connectivity index (χ2n) is 5.21. The molecule has 0 aliphatic carbocycles. The van der Waals surface area contributed by atoms with Gasteiger partial charge in [-0.1, -0.05) is 39.0 Å². The van der Waals surface area contributed by atoms with Gasteiger partial charge in [0.05, 0.1) is 12.9 Å². The van der Waals surface area contributed by atoms with Crippen LogP contribution in [0.15, 0.2) is 12.3 Å². The van der Waals surface area contributed by atoms with Crippen LogP contribution < -0.4 is 5.32 Å². The molecule has 118 valence electrons. The molecule has 0 aliphatic heterocycles. The summed E-state index contributed by atoms with van der Waals surface area (Å²) in [5, 5.41) is 2.83. The Morgan fingerprint density at radius 1 is 1.00 bits per heavy atom. The summed E-state index contributed by atoms with van der Waals surface area (Å²) >= 11 is 0. The van der Waals surface area contributed by atoms with E-state index in [1.165, 1.54) is 32.1 Å². The average Bonchev–Trinajstić information content (AvgIpc) is 2.44. The van der Waals surface area contributed by atoms with Crippen LogP contribution in [0.4, 0.5) is 0 Å². The molecule has 0 rings (SSSR count). The number of carbonyl (C=O) groups is 1. The molecule has 0 radical (unpaired) electrons. The number of carbonyl (C=O) groups excluding carboxylic acids is 1. The Morgan fingerprint density at radius 2 is 1.75 bits per heavy atom. The lowest BCUT2D eigenvalue weighted by Crippen LogP contribution is -2.21. The van der Waals surface area contributed by atoms with E-state index in [4.69, 9.17) is 4.74 Å². The summed E-state index contributed by atoms with van der Waals surface area (Å²) in [6.45, 7) is 5.75. The molecule has 1 amide bonds. The van der Waals surface area contributed by atoms with Crippen LogP contribution >= 0.6 is 0 Å². The Balaban J connectivity index is 3.12. The largest absolute Gasteiger partial charge is 0.502 e. The first-order valence-electron chi connectivity index (χ1n) is 8.34. The van der Waals surface area contributed by atoms with Gasteiger partial charge < -0.3 is 10.1 Å². The molecule has 0 fully saturated rings. The van der Waals surface area contributed by atoms with Crippen LogP contribution in [0.2, 0.25) is 0 Å². The Hall–Kier alpha value is -0.990. The summed E-state index contributed by atoms with van der Waals surface area (Å²) in [7, 11) is 0. The number of hydrogen-bond acceptors (Lipinski definition) is 2. The van der Waals surface area contributed by atoms with Crippen molar-refractivity contribution in [2.75, 3.05) is 13.2 Å². The number of nitrogens with one attached hydrogen (secondary N) is 1. The minimum atomic E-state index is 0.190. The summed E-state index contributed by atoms with van der Waals surface area (Å²) < 4.78 is 5.41. The monoisotopic (exact) mass is 283 g/mol. The van der Waals surface area contributed by atoms with Gasteiger partial charge in [-0.15, -0.1) is 0 Å². The van der Waals surface area contributed by atoms with Crippen molar-refractivity contribution in [2.45, 2.75) is 78.1 Å². The molecule has 0 atom stereocenters. The lowest BCUT2D eigenvalue weighted by atomic mass is 10.1. The maximum Gasteiger partial charge on any atom is 0.219 e. The molecule has 0 aliphatic rings. The van der Waals surface area contributed by atoms with E-state index in [9.17, 15) is 4.79 Å². The number of ether oxygens (including phenoxy) is 1. The standard InChI is InChI=1S/C17H33NO2/c1-3-5-12-15-20-16-13-10-8-6-7-9-11-14-17(19)18-4-2/h13,16H,3-12,14-15H2,1-2H3,(H,18,19). The van der Waals surface area contributed by atoms with Gasteiger partial charge >= 0.3 is 0 Å². The van der Waals surface area contributed by atoms with E-state index in [1.54, 1.807) is 0 Å². The van der Waals surface area contributed by atoms with Crippen LogP contribution in [-0.2, 0) is 9.53 Å². The zero-order chi connectivity index (χ0) is 14.9. The first-order chi connectivity index (χ1) is 9.81. The lowest BCUT2D eigenvalue weighted by Gasteiger charge is -2.02. The highest BCUT2D eigenvalue weighted by Gasteiger charge is 1.98. The number of amides is 1. The number of unbranched alkanes of at least 4 members (excludes halogenated alkanes) is 7. The summed E-state index contributed by atoms with van der Waals surface area (Å²) in [5.41, 5.74) is 0. The van der Waals surface area contributed by atoms with Crippen molar-refractivity contribution in [1.29, 1.82) is 0 Å². The van der Waals surface area contributed by atoms with Crippen LogP contribution in [0.5, 0.6) is 0 Å². The van der Waals surface area contributed by atoms with Gasteiger partial charge in [-0.25, -0.2) is 0 Å². The minimum absolute atomic E-state index is 0.190. The minimum Gasteiger partial charge on any atom is -0.502 e. The van der Waals surface area contributed by atoms with Crippen molar-refractivity contribution in [1.82, 2.24) is 5.32 Å². The molecule has 0 unspecified atom stereocenters. The van der Waals surface area contributed by atoms with Gasteiger partial charge in [0.15, 0.2) is 0 Å². The van der Waals surface area contributed by atoms with Crippen molar-refractivity contribution >= 4 is 5.91 Å². The van der Waals surface area contributed by atoms with Crippen LogP contribution in [0, 0.1) is 0 Å². The van der Waals surface area contributed by atoms with E-state index in [0.29, 0.717) is 6.42 Å². The summed E-state index contributed by atoms with van der Waals surface area (Å²) in [4.78, 5) is 11.2. The molecule has 20 heavy (non-hydrogen) atoms. The third-order valence-electron chi connectivity index (χ3n) is 3.21. The fourth-order valence-corrected chi connectivity index (χ4v) is 2.00. The van der Waals surface area contributed by atoms with Gasteiger partial charge in [0, 0.05) is 13.0 Å². The van der Waals surface area contributed by atoms with Gasteiger partial charge in [0.1, 0.15) is 0 Å². The molecule has 0 heterocycles. The van der Waals surface area contributed by atoms with E-state index in [0.717, 1.165) is 38.8 Å². The first-order valence-corrected chi connectivity index (χ1v) is 8.34. The zero-order valence-corrected chi connectivity index (χ0v) is 13.5. The van der Waals surface area contributed by atoms with Gasteiger partial charge in [0.2, 0.25) is 5.91 Å². The summed E-state index contributed by atoms with van der Waals surface area (Å²) in [6.07, 6.45) is 15.3. The van der Waals surface area contributed by atoms with Crippen LogP contribution in [-0.4, -0.2) is 19.1 Å². The molecule has 0 saturated heterocycles. The fraction of sp³-hybridized carbons (Fsp3) is 0.824. The third kappa shape index (κ3) is 15.1. The lowest BCUT2D eigenvalue weighted by molar-refractivity contribution is -0.121. The molecule has 0 bridgehead atoms. The molecular formula is C17H33NO2. The second kappa shape index (κ2) is 16.1. The van der Waals surface area contributed by atoms with E-state index in [1.807, 2.05) is 13.2 Å². The Labute approximate surface area is 125 Å². The maximum atomic E-state index is 11.2. The smallest absolute Gasteiger partial charge is 0.219 e. The number of rotatable bonds is 14. The van der Waals surface area contributed by atoms with Gasteiger partial charge in [0.25, 0.3) is 0 Å². The molecular weight excluding hydrogens is 250 g/mol. The van der Waals surface area contributed by atoms with Crippen molar-refractivity contribution in [2.24, 2.45) is 0 Å². The maximum absolute atomic E-state index is 11.2. The van der Waals surface area contributed by atoms with E-state index in [-0.39, 0.29) is 5.91 Å². The first kappa shape index (κ1) is 19.0. The number of hydrogen-bond donors (Lipinski definition) is 1. The Kier molecular flexibility index (Phi) is 15.3. The van der Waals surface area contributed by atoms with Crippen LogP contribution in [0.3, 0.4) is 0 Å². The topological polar surface area (TPSA) is 38.3 Å². The van der Waals surface area contributed by atoms with Crippen molar-refractivity contribution in [3.63, 3.8) is 0 Å². The molecule has 0 aromatic rings. The molecule has 3 nitrogen and oxygen atoms in total. The van der Waals surface area contributed by atoms with Gasteiger partial charge in [-0.2, -0.15) is 0 Å². The average molecular weight is 283 g/mol. The molecule has 0 saturated carbocycles. The molecule has 1 N–H and O–H groups in total. The molecule has 0 spiro atoms. The highest BCUT2D eigenvalue weighted by atomic mass is 16.5. The molecule has 0 aromatic heterocycles.